The van der Waals surface area contributed by atoms with Crippen LogP contribution in [0.5, 0.6) is 0 Å². The quantitative estimate of drug-likeness (QED) is 0.741. The van der Waals surface area contributed by atoms with Crippen molar-refractivity contribution in [1.29, 1.82) is 0 Å². The van der Waals surface area contributed by atoms with Crippen LogP contribution in [-0.2, 0) is 0 Å². The number of amides is 1. The first-order valence-electron chi connectivity index (χ1n) is 8.42. The molecule has 2 aromatic carbocycles. The minimum Gasteiger partial charge on any atom is -0.370 e. The maximum Gasteiger partial charge on any atom is 0.271 e. The van der Waals surface area contributed by atoms with Gasteiger partial charge in [0, 0.05) is 31.5 Å². The molecule has 0 bridgehead atoms. The Hall–Kier alpha value is -3.15. The summed E-state index contributed by atoms with van der Waals surface area (Å²) in [7, 11) is 2.00. The van der Waals surface area contributed by atoms with Gasteiger partial charge in [-0.25, -0.2) is 9.07 Å². The Kier molecular flexibility index (Phi) is 5.31. The van der Waals surface area contributed by atoms with Crippen LogP contribution in [-0.4, -0.2) is 35.3 Å². The van der Waals surface area contributed by atoms with Crippen LogP contribution < -0.4 is 10.2 Å². The summed E-state index contributed by atoms with van der Waals surface area (Å²) in [4.78, 5) is 14.5. The van der Waals surface area contributed by atoms with Crippen LogP contribution in [0.25, 0.3) is 5.69 Å². The summed E-state index contributed by atoms with van der Waals surface area (Å²) >= 11 is 0. The van der Waals surface area contributed by atoms with E-state index >= 15 is 0 Å². The third kappa shape index (κ3) is 4.08. The van der Waals surface area contributed by atoms with Crippen molar-refractivity contribution < 1.29 is 9.18 Å². The van der Waals surface area contributed by atoms with Crippen molar-refractivity contribution in [2.75, 3.05) is 18.5 Å². The number of aromatic nitrogens is 2. The summed E-state index contributed by atoms with van der Waals surface area (Å²) in [5, 5.41) is 7.17. The molecule has 0 aliphatic heterocycles. The summed E-state index contributed by atoms with van der Waals surface area (Å²) in [5.41, 5.74) is 2.11. The monoisotopic (exact) mass is 352 g/mol. The first-order chi connectivity index (χ1) is 12.5. The van der Waals surface area contributed by atoms with Gasteiger partial charge in [0.15, 0.2) is 5.69 Å². The third-order valence-electron chi connectivity index (χ3n) is 4.30. The van der Waals surface area contributed by atoms with Crippen LogP contribution in [0.3, 0.4) is 0 Å². The van der Waals surface area contributed by atoms with Crippen molar-refractivity contribution in [1.82, 2.24) is 15.1 Å². The molecule has 1 N–H and O–H groups in total. The van der Waals surface area contributed by atoms with Crippen molar-refractivity contribution in [3.05, 3.63) is 78.4 Å². The molecule has 26 heavy (non-hydrogen) atoms. The van der Waals surface area contributed by atoms with Gasteiger partial charge in [0.2, 0.25) is 0 Å². The van der Waals surface area contributed by atoms with E-state index in [0.29, 0.717) is 17.9 Å². The summed E-state index contributed by atoms with van der Waals surface area (Å²) in [5.74, 6) is -0.547. The van der Waals surface area contributed by atoms with Gasteiger partial charge in [-0.3, -0.25) is 4.79 Å². The zero-order chi connectivity index (χ0) is 18.5. The average molecular weight is 352 g/mol. The van der Waals surface area contributed by atoms with Crippen LogP contribution in [0.2, 0.25) is 0 Å². The van der Waals surface area contributed by atoms with Crippen LogP contribution in [0.4, 0.5) is 10.1 Å². The number of hydrogen-bond acceptors (Lipinski definition) is 3. The number of anilines is 1. The van der Waals surface area contributed by atoms with Gasteiger partial charge in [-0.2, -0.15) is 5.10 Å². The van der Waals surface area contributed by atoms with E-state index in [4.69, 9.17) is 0 Å². The molecule has 3 rings (SSSR count). The molecule has 1 atom stereocenters. The molecule has 1 amide bonds. The highest BCUT2D eigenvalue weighted by Crippen LogP contribution is 2.14. The fraction of sp³-hybridized carbons (Fsp3) is 0.200. The number of rotatable bonds is 6. The number of nitrogens with one attached hydrogen (secondary N) is 1. The van der Waals surface area contributed by atoms with Crippen molar-refractivity contribution in [3.8, 4) is 5.69 Å². The Balaban J connectivity index is 1.59. The molecular formula is C20H21FN4O. The van der Waals surface area contributed by atoms with Crippen molar-refractivity contribution in [3.63, 3.8) is 0 Å². The van der Waals surface area contributed by atoms with E-state index in [-0.39, 0.29) is 17.8 Å². The summed E-state index contributed by atoms with van der Waals surface area (Å²) in [6.45, 7) is 2.54. The second-order valence-electron chi connectivity index (χ2n) is 6.13. The standard InChI is InChI=1S/C20H21FN4O/c1-15(24(2)17-6-4-3-5-7-17)14-22-20(26)19-12-13-25(23-19)18-10-8-16(21)9-11-18/h3-13,15H,14H2,1-2H3,(H,22,26)/t15-/m0/s1. The maximum atomic E-state index is 13.0. The van der Waals surface area contributed by atoms with Gasteiger partial charge in [-0.15, -0.1) is 0 Å². The minimum atomic E-state index is -0.310. The van der Waals surface area contributed by atoms with E-state index in [2.05, 4.69) is 15.3 Å². The predicted molar refractivity (Wildman–Crippen MR) is 100 cm³/mol. The zero-order valence-electron chi connectivity index (χ0n) is 14.8. The Labute approximate surface area is 152 Å². The number of nitrogens with zero attached hydrogens (tertiary/aromatic N) is 3. The number of carbonyl (C=O) groups excluding carboxylic acids is 1. The molecule has 134 valence electrons. The Morgan fingerprint density at radius 1 is 1.15 bits per heavy atom. The molecule has 0 aliphatic carbocycles. The summed E-state index contributed by atoms with van der Waals surface area (Å²) < 4.78 is 14.6. The molecule has 0 spiro atoms. The number of halogens is 1. The van der Waals surface area contributed by atoms with Gasteiger partial charge in [0.1, 0.15) is 5.82 Å². The first-order valence-corrected chi connectivity index (χ1v) is 8.42. The SMILES string of the molecule is C[C@@H](CNC(=O)c1ccn(-c2ccc(F)cc2)n1)N(C)c1ccccc1. The summed E-state index contributed by atoms with van der Waals surface area (Å²) in [6.07, 6.45) is 1.68. The fourth-order valence-corrected chi connectivity index (χ4v) is 2.57. The van der Waals surface area contributed by atoms with Gasteiger partial charge >= 0.3 is 0 Å². The third-order valence-corrected chi connectivity index (χ3v) is 4.30. The number of likely N-dealkylation sites (N-methyl/N-ethyl adjacent to an activating group) is 1. The lowest BCUT2D eigenvalue weighted by Crippen LogP contribution is -2.40. The van der Waals surface area contributed by atoms with Crippen LogP contribution >= 0.6 is 0 Å². The second-order valence-corrected chi connectivity index (χ2v) is 6.13. The molecular weight excluding hydrogens is 331 g/mol. The van der Waals surface area contributed by atoms with Gasteiger partial charge in [0.25, 0.3) is 5.91 Å². The molecule has 1 heterocycles. The molecule has 0 fully saturated rings. The smallest absolute Gasteiger partial charge is 0.271 e. The number of benzene rings is 2. The minimum absolute atomic E-state index is 0.125. The zero-order valence-corrected chi connectivity index (χ0v) is 14.8. The van der Waals surface area contributed by atoms with E-state index in [1.807, 2.05) is 44.3 Å². The van der Waals surface area contributed by atoms with Gasteiger partial charge in [-0.05, 0) is 49.4 Å². The Morgan fingerprint density at radius 3 is 2.54 bits per heavy atom. The second kappa shape index (κ2) is 7.82. The first kappa shape index (κ1) is 17.7. The molecule has 5 nitrogen and oxygen atoms in total. The number of carbonyl (C=O) groups is 1. The normalized spacial score (nSPS) is 11.8. The number of hydrogen-bond donors (Lipinski definition) is 1. The Bertz CT molecular complexity index is 861. The lowest BCUT2D eigenvalue weighted by atomic mass is 10.2. The molecule has 0 aliphatic rings. The largest absolute Gasteiger partial charge is 0.370 e. The lowest BCUT2D eigenvalue weighted by molar-refractivity contribution is 0.0946. The van der Waals surface area contributed by atoms with Gasteiger partial charge in [-0.1, -0.05) is 18.2 Å². The fourth-order valence-electron chi connectivity index (χ4n) is 2.57. The molecule has 1 aromatic heterocycles. The predicted octanol–water partition coefficient (Wildman–Crippen LogP) is 3.27. The van der Waals surface area contributed by atoms with Crippen molar-refractivity contribution >= 4 is 11.6 Å². The van der Waals surface area contributed by atoms with Crippen LogP contribution in [0.15, 0.2) is 66.9 Å². The highest BCUT2D eigenvalue weighted by Gasteiger charge is 2.14. The topological polar surface area (TPSA) is 50.2 Å². The Morgan fingerprint density at radius 2 is 1.85 bits per heavy atom. The van der Waals surface area contributed by atoms with Crippen molar-refractivity contribution in [2.45, 2.75) is 13.0 Å². The molecule has 0 radical (unpaired) electrons. The highest BCUT2D eigenvalue weighted by atomic mass is 19.1. The van der Waals surface area contributed by atoms with Crippen LogP contribution in [0.1, 0.15) is 17.4 Å². The van der Waals surface area contributed by atoms with E-state index in [1.165, 1.54) is 12.1 Å². The maximum absolute atomic E-state index is 13.0. The summed E-state index contributed by atoms with van der Waals surface area (Å²) in [6, 6.07) is 17.7. The average Bonchev–Trinajstić information content (AvgIpc) is 3.16. The molecule has 6 heteroatoms. The highest BCUT2D eigenvalue weighted by molar-refractivity contribution is 5.92. The lowest BCUT2D eigenvalue weighted by Gasteiger charge is -2.27. The van der Waals surface area contributed by atoms with E-state index in [0.717, 1.165) is 5.69 Å². The van der Waals surface area contributed by atoms with Gasteiger partial charge in [0.05, 0.1) is 5.69 Å². The van der Waals surface area contributed by atoms with Gasteiger partial charge < -0.3 is 10.2 Å². The van der Waals surface area contributed by atoms with E-state index in [9.17, 15) is 9.18 Å². The molecule has 3 aromatic rings. The molecule has 0 saturated carbocycles. The molecule has 0 unspecified atom stereocenters. The van der Waals surface area contributed by atoms with E-state index < -0.39 is 0 Å². The van der Waals surface area contributed by atoms with Crippen LogP contribution in [0, 0.1) is 5.82 Å². The van der Waals surface area contributed by atoms with E-state index in [1.54, 1.807) is 29.1 Å². The number of para-hydroxylation sites is 1. The molecule has 0 saturated heterocycles. The van der Waals surface area contributed by atoms with Crippen molar-refractivity contribution in [2.24, 2.45) is 0 Å².